The van der Waals surface area contributed by atoms with Crippen molar-refractivity contribution in [2.24, 2.45) is 0 Å². The van der Waals surface area contributed by atoms with E-state index >= 15 is 0 Å². The number of benzene rings is 1. The monoisotopic (exact) mass is 356 g/mol. The predicted octanol–water partition coefficient (Wildman–Crippen LogP) is 2.37. The summed E-state index contributed by atoms with van der Waals surface area (Å²) in [7, 11) is 1.61. The van der Waals surface area contributed by atoms with Crippen LogP contribution in [0.5, 0.6) is 5.75 Å². The lowest BCUT2D eigenvalue weighted by Gasteiger charge is -2.13. The summed E-state index contributed by atoms with van der Waals surface area (Å²) in [5.74, 6) is 3.61. The van der Waals surface area contributed by atoms with Gasteiger partial charge in [0.15, 0.2) is 11.0 Å². The van der Waals surface area contributed by atoms with E-state index in [2.05, 4.69) is 28.0 Å². The first kappa shape index (κ1) is 18.6. The molecule has 130 valence electrons. The van der Waals surface area contributed by atoms with Crippen LogP contribution in [0.15, 0.2) is 42.1 Å². The van der Waals surface area contributed by atoms with Crippen LogP contribution in [-0.2, 0) is 11.3 Å². The zero-order valence-corrected chi connectivity index (χ0v) is 15.0. The van der Waals surface area contributed by atoms with Gasteiger partial charge in [-0.05, 0) is 19.1 Å². The molecule has 2 rings (SSSR count). The number of ether oxygens (including phenoxy) is 1. The molecule has 7 heteroatoms. The Labute approximate surface area is 151 Å². The standard InChI is InChI=1S/C18H20N4O2S/c1-5-11-19-17(23)13(3)25-18-21-20-16(22(18)12-6-2)14-9-7-8-10-15(14)24-4/h1,6-10,13H,2,11-12H2,3-4H3,(H,19,23). The van der Waals surface area contributed by atoms with Crippen molar-refractivity contribution in [3.63, 3.8) is 0 Å². The summed E-state index contributed by atoms with van der Waals surface area (Å²) in [4.78, 5) is 12.0. The van der Waals surface area contributed by atoms with E-state index in [1.54, 1.807) is 20.1 Å². The molecule has 0 radical (unpaired) electrons. The first-order valence-corrected chi connectivity index (χ1v) is 8.55. The van der Waals surface area contributed by atoms with Crippen LogP contribution in [-0.4, -0.2) is 39.6 Å². The number of terminal acetylenes is 1. The summed E-state index contributed by atoms with van der Waals surface area (Å²) in [6, 6.07) is 7.59. The molecule has 0 aliphatic rings. The average molecular weight is 356 g/mol. The minimum Gasteiger partial charge on any atom is -0.496 e. The molecule has 0 spiro atoms. The van der Waals surface area contributed by atoms with Gasteiger partial charge in [0.25, 0.3) is 0 Å². The van der Waals surface area contributed by atoms with Crippen LogP contribution in [0, 0.1) is 12.3 Å². The molecule has 1 aromatic carbocycles. The second-order valence-corrected chi connectivity index (χ2v) is 6.40. The van der Waals surface area contributed by atoms with E-state index in [4.69, 9.17) is 11.2 Å². The fourth-order valence-electron chi connectivity index (χ4n) is 2.19. The van der Waals surface area contributed by atoms with Crippen LogP contribution in [0.3, 0.4) is 0 Å². The number of nitrogens with one attached hydrogen (secondary N) is 1. The smallest absolute Gasteiger partial charge is 0.234 e. The molecule has 1 atom stereocenters. The lowest BCUT2D eigenvalue weighted by atomic mass is 10.2. The van der Waals surface area contributed by atoms with Crippen LogP contribution in [0.4, 0.5) is 0 Å². The lowest BCUT2D eigenvalue weighted by Crippen LogP contribution is -2.31. The van der Waals surface area contributed by atoms with Gasteiger partial charge in [-0.2, -0.15) is 0 Å². The quantitative estimate of drug-likeness (QED) is 0.447. The number of methoxy groups -OCH3 is 1. The van der Waals surface area contributed by atoms with Crippen molar-refractivity contribution in [1.82, 2.24) is 20.1 Å². The first-order valence-electron chi connectivity index (χ1n) is 7.67. The molecule has 25 heavy (non-hydrogen) atoms. The number of hydrogen-bond acceptors (Lipinski definition) is 5. The van der Waals surface area contributed by atoms with Gasteiger partial charge in [-0.25, -0.2) is 0 Å². The van der Waals surface area contributed by atoms with Gasteiger partial charge < -0.3 is 10.1 Å². The minimum absolute atomic E-state index is 0.144. The van der Waals surface area contributed by atoms with Crippen molar-refractivity contribution in [3.8, 4) is 29.5 Å². The summed E-state index contributed by atoms with van der Waals surface area (Å²) in [6.45, 7) is 6.31. The van der Waals surface area contributed by atoms with Crippen molar-refractivity contribution in [2.45, 2.75) is 23.9 Å². The normalized spacial score (nSPS) is 11.4. The molecular formula is C18H20N4O2S. The number of aromatic nitrogens is 3. The van der Waals surface area contributed by atoms with Crippen molar-refractivity contribution in [3.05, 3.63) is 36.9 Å². The molecule has 1 heterocycles. The molecule has 0 saturated heterocycles. The summed E-state index contributed by atoms with van der Waals surface area (Å²) >= 11 is 1.32. The molecule has 2 aromatic rings. The number of allylic oxidation sites excluding steroid dienone is 1. The lowest BCUT2D eigenvalue weighted by molar-refractivity contribution is -0.120. The van der Waals surface area contributed by atoms with Gasteiger partial charge in [0, 0.05) is 6.54 Å². The average Bonchev–Trinajstić information content (AvgIpc) is 3.02. The Balaban J connectivity index is 2.32. The molecule has 1 amide bonds. The van der Waals surface area contributed by atoms with E-state index in [9.17, 15) is 4.79 Å². The van der Waals surface area contributed by atoms with Gasteiger partial charge in [0.05, 0.1) is 24.5 Å². The molecule has 0 aliphatic carbocycles. The molecule has 0 fully saturated rings. The van der Waals surface area contributed by atoms with E-state index in [0.717, 1.165) is 5.56 Å². The van der Waals surface area contributed by atoms with E-state index in [1.807, 2.05) is 28.8 Å². The van der Waals surface area contributed by atoms with Crippen molar-refractivity contribution in [1.29, 1.82) is 0 Å². The van der Waals surface area contributed by atoms with Gasteiger partial charge in [-0.1, -0.05) is 35.9 Å². The van der Waals surface area contributed by atoms with Crippen molar-refractivity contribution < 1.29 is 9.53 Å². The largest absolute Gasteiger partial charge is 0.496 e. The SMILES string of the molecule is C#CCNC(=O)C(C)Sc1nnc(-c2ccccc2OC)n1CC=C. The maximum atomic E-state index is 12.0. The molecule has 0 aliphatic heterocycles. The van der Waals surface area contributed by atoms with Gasteiger partial charge in [-0.3, -0.25) is 9.36 Å². The van der Waals surface area contributed by atoms with Crippen molar-refractivity contribution in [2.75, 3.05) is 13.7 Å². The third-order valence-electron chi connectivity index (χ3n) is 3.39. The van der Waals surface area contributed by atoms with E-state index in [0.29, 0.717) is 23.3 Å². The Bertz CT molecular complexity index is 795. The number of carbonyl (C=O) groups excluding carboxylic acids is 1. The Morgan fingerprint density at radius 3 is 2.96 bits per heavy atom. The maximum Gasteiger partial charge on any atom is 0.234 e. The summed E-state index contributed by atoms with van der Waals surface area (Å²) in [5.41, 5.74) is 0.829. The molecule has 1 N–H and O–H groups in total. The number of carbonyl (C=O) groups is 1. The topological polar surface area (TPSA) is 69.0 Å². The molecule has 0 bridgehead atoms. The fraction of sp³-hybridized carbons (Fsp3) is 0.278. The number of para-hydroxylation sites is 1. The zero-order chi connectivity index (χ0) is 18.2. The molecule has 1 unspecified atom stereocenters. The minimum atomic E-state index is -0.355. The number of thioether (sulfide) groups is 1. The highest BCUT2D eigenvalue weighted by Gasteiger charge is 2.21. The van der Waals surface area contributed by atoms with E-state index in [1.165, 1.54) is 11.8 Å². The van der Waals surface area contributed by atoms with Gasteiger partial charge in [0.2, 0.25) is 5.91 Å². The number of rotatable bonds is 8. The Morgan fingerprint density at radius 2 is 2.28 bits per heavy atom. The summed E-state index contributed by atoms with van der Waals surface area (Å²) in [5, 5.41) is 11.5. The molecular weight excluding hydrogens is 336 g/mol. The number of amides is 1. The third-order valence-corrected chi connectivity index (χ3v) is 4.47. The van der Waals surface area contributed by atoms with Crippen LogP contribution in [0.1, 0.15) is 6.92 Å². The summed E-state index contributed by atoms with van der Waals surface area (Å²) in [6.07, 6.45) is 6.93. The van der Waals surface area contributed by atoms with E-state index in [-0.39, 0.29) is 17.7 Å². The Hall–Kier alpha value is -2.72. The molecule has 0 saturated carbocycles. The summed E-state index contributed by atoms with van der Waals surface area (Å²) < 4.78 is 7.31. The third kappa shape index (κ3) is 4.43. The number of nitrogens with zero attached hydrogens (tertiary/aromatic N) is 3. The predicted molar refractivity (Wildman–Crippen MR) is 99.4 cm³/mol. The Kier molecular flexibility index (Phi) is 6.66. The Morgan fingerprint density at radius 1 is 1.52 bits per heavy atom. The zero-order valence-electron chi connectivity index (χ0n) is 14.2. The highest BCUT2D eigenvalue weighted by molar-refractivity contribution is 8.00. The van der Waals surface area contributed by atoms with Crippen molar-refractivity contribution >= 4 is 17.7 Å². The highest BCUT2D eigenvalue weighted by atomic mass is 32.2. The van der Waals surface area contributed by atoms with E-state index < -0.39 is 0 Å². The van der Waals surface area contributed by atoms with Gasteiger partial charge >= 0.3 is 0 Å². The fourth-order valence-corrected chi connectivity index (χ4v) is 3.07. The van der Waals surface area contributed by atoms with Crippen LogP contribution < -0.4 is 10.1 Å². The maximum absolute atomic E-state index is 12.0. The molecule has 1 aromatic heterocycles. The second-order valence-electron chi connectivity index (χ2n) is 5.09. The first-order chi connectivity index (χ1) is 12.1. The second kappa shape index (κ2) is 8.94. The molecule has 6 nitrogen and oxygen atoms in total. The number of hydrogen-bond donors (Lipinski definition) is 1. The highest BCUT2D eigenvalue weighted by Crippen LogP contribution is 2.32. The van der Waals surface area contributed by atoms with Crippen LogP contribution in [0.25, 0.3) is 11.4 Å². The van der Waals surface area contributed by atoms with Crippen LogP contribution in [0.2, 0.25) is 0 Å². The van der Waals surface area contributed by atoms with Crippen LogP contribution >= 0.6 is 11.8 Å². The van der Waals surface area contributed by atoms with Gasteiger partial charge in [0.1, 0.15) is 5.75 Å². The van der Waals surface area contributed by atoms with Gasteiger partial charge in [-0.15, -0.1) is 23.2 Å².